The predicted octanol–water partition coefficient (Wildman–Crippen LogP) is 2.40. The SMILES string of the molecule is CC(C)NC(=O)C(=O)NCC(c1ccc(N(C)C)cc1)N1CCN(c2ccc(F)cc2)CC1. The zero-order chi connectivity index (χ0) is 24.0. The summed E-state index contributed by atoms with van der Waals surface area (Å²) in [5.74, 6) is -1.48. The molecule has 178 valence electrons. The lowest BCUT2D eigenvalue weighted by Crippen LogP contribution is -2.51. The number of nitrogens with one attached hydrogen (secondary N) is 2. The van der Waals surface area contributed by atoms with Crippen molar-refractivity contribution in [3.8, 4) is 0 Å². The van der Waals surface area contributed by atoms with E-state index in [2.05, 4.69) is 44.7 Å². The van der Waals surface area contributed by atoms with Gasteiger partial charge < -0.3 is 20.4 Å². The lowest BCUT2D eigenvalue weighted by Gasteiger charge is -2.40. The first-order chi connectivity index (χ1) is 15.7. The van der Waals surface area contributed by atoms with E-state index in [0.29, 0.717) is 6.54 Å². The fourth-order valence-electron chi connectivity index (χ4n) is 3.99. The van der Waals surface area contributed by atoms with Gasteiger partial charge in [-0.25, -0.2) is 4.39 Å². The van der Waals surface area contributed by atoms with Crippen LogP contribution in [-0.2, 0) is 9.59 Å². The Kier molecular flexibility index (Phi) is 8.27. The number of amides is 2. The van der Waals surface area contributed by atoms with Crippen LogP contribution in [0.3, 0.4) is 0 Å². The van der Waals surface area contributed by atoms with Gasteiger partial charge in [-0.3, -0.25) is 14.5 Å². The van der Waals surface area contributed by atoms with Crippen LogP contribution < -0.4 is 20.4 Å². The van der Waals surface area contributed by atoms with Crippen LogP contribution >= 0.6 is 0 Å². The minimum Gasteiger partial charge on any atom is -0.378 e. The molecule has 0 bridgehead atoms. The van der Waals surface area contributed by atoms with Crippen LogP contribution in [0.15, 0.2) is 48.5 Å². The fraction of sp³-hybridized carbons (Fsp3) is 0.440. The standard InChI is InChI=1S/C25H34FN5O2/c1-18(2)28-25(33)24(32)27-17-23(19-5-9-21(10-6-19)29(3)4)31-15-13-30(14-16-31)22-11-7-20(26)8-12-22/h5-12,18,23H,13-17H2,1-4H3,(H,27,32)(H,28,33). The molecule has 1 atom stereocenters. The summed E-state index contributed by atoms with van der Waals surface area (Å²) in [6.07, 6.45) is 0. The molecule has 0 aliphatic carbocycles. The molecule has 0 saturated carbocycles. The van der Waals surface area contributed by atoms with Crippen molar-refractivity contribution in [2.45, 2.75) is 25.9 Å². The highest BCUT2D eigenvalue weighted by Gasteiger charge is 2.27. The van der Waals surface area contributed by atoms with Crippen LogP contribution in [0.5, 0.6) is 0 Å². The van der Waals surface area contributed by atoms with Gasteiger partial charge in [0.2, 0.25) is 0 Å². The van der Waals surface area contributed by atoms with Gasteiger partial charge >= 0.3 is 11.8 Å². The Morgan fingerprint density at radius 1 is 0.939 bits per heavy atom. The summed E-state index contributed by atoms with van der Waals surface area (Å²) >= 11 is 0. The first-order valence-electron chi connectivity index (χ1n) is 11.3. The van der Waals surface area contributed by atoms with Gasteiger partial charge in [-0.05, 0) is 55.8 Å². The highest BCUT2D eigenvalue weighted by atomic mass is 19.1. The van der Waals surface area contributed by atoms with Crippen LogP contribution in [0.4, 0.5) is 15.8 Å². The lowest BCUT2D eigenvalue weighted by molar-refractivity contribution is -0.139. The summed E-state index contributed by atoms with van der Waals surface area (Å²) < 4.78 is 13.3. The third-order valence-electron chi connectivity index (χ3n) is 5.82. The molecule has 2 N–H and O–H groups in total. The predicted molar refractivity (Wildman–Crippen MR) is 130 cm³/mol. The Morgan fingerprint density at radius 2 is 1.55 bits per heavy atom. The minimum absolute atomic E-state index is 0.0626. The van der Waals surface area contributed by atoms with Gasteiger partial charge in [0, 0.05) is 64.2 Å². The van der Waals surface area contributed by atoms with Crippen molar-refractivity contribution in [2.75, 3.05) is 56.6 Å². The number of hydrogen-bond donors (Lipinski definition) is 2. The molecule has 8 heteroatoms. The zero-order valence-corrected chi connectivity index (χ0v) is 19.8. The van der Waals surface area contributed by atoms with E-state index in [4.69, 9.17) is 0 Å². The summed E-state index contributed by atoms with van der Waals surface area (Å²) in [7, 11) is 3.99. The summed E-state index contributed by atoms with van der Waals surface area (Å²) in [5.41, 5.74) is 3.18. The van der Waals surface area contributed by atoms with Gasteiger partial charge in [0.1, 0.15) is 5.82 Å². The highest BCUT2D eigenvalue weighted by molar-refractivity contribution is 6.35. The number of benzene rings is 2. The smallest absolute Gasteiger partial charge is 0.309 e. The molecule has 33 heavy (non-hydrogen) atoms. The van der Waals surface area contributed by atoms with Crippen LogP contribution in [0, 0.1) is 5.82 Å². The minimum atomic E-state index is -0.622. The second kappa shape index (κ2) is 11.1. The third-order valence-corrected chi connectivity index (χ3v) is 5.82. The molecule has 2 aromatic carbocycles. The summed E-state index contributed by atoms with van der Waals surface area (Å²) in [6, 6.07) is 14.7. The molecule has 1 aliphatic rings. The number of hydrogen-bond acceptors (Lipinski definition) is 5. The number of piperazine rings is 1. The average molecular weight is 456 g/mol. The maximum atomic E-state index is 13.3. The van der Waals surface area contributed by atoms with Crippen LogP contribution in [-0.4, -0.2) is 69.6 Å². The second-order valence-electron chi connectivity index (χ2n) is 8.84. The molecule has 2 aromatic rings. The van der Waals surface area contributed by atoms with E-state index < -0.39 is 11.8 Å². The lowest BCUT2D eigenvalue weighted by atomic mass is 10.0. The largest absolute Gasteiger partial charge is 0.378 e. The Hall–Kier alpha value is -3.13. The number of anilines is 2. The average Bonchev–Trinajstić information content (AvgIpc) is 2.80. The first-order valence-corrected chi connectivity index (χ1v) is 11.3. The Labute approximate surface area is 195 Å². The molecule has 1 heterocycles. The molecule has 3 rings (SSSR count). The van der Waals surface area contributed by atoms with E-state index in [1.54, 1.807) is 12.1 Å². The van der Waals surface area contributed by atoms with Crippen LogP contribution in [0.25, 0.3) is 0 Å². The van der Waals surface area contributed by atoms with Gasteiger partial charge in [-0.2, -0.15) is 0 Å². The number of carbonyl (C=O) groups excluding carboxylic acids is 2. The van der Waals surface area contributed by atoms with E-state index in [9.17, 15) is 14.0 Å². The molecule has 1 saturated heterocycles. The van der Waals surface area contributed by atoms with E-state index in [-0.39, 0.29) is 17.9 Å². The number of carbonyl (C=O) groups is 2. The summed E-state index contributed by atoms with van der Waals surface area (Å²) in [4.78, 5) is 31.0. The maximum absolute atomic E-state index is 13.3. The second-order valence-corrected chi connectivity index (χ2v) is 8.84. The molecule has 1 unspecified atom stereocenters. The van der Waals surface area contributed by atoms with Gasteiger partial charge in [-0.1, -0.05) is 12.1 Å². The van der Waals surface area contributed by atoms with Crippen molar-refractivity contribution in [3.63, 3.8) is 0 Å². The molecule has 1 aliphatic heterocycles. The summed E-state index contributed by atoms with van der Waals surface area (Å²) in [6.45, 7) is 7.13. The molecular weight excluding hydrogens is 421 g/mol. The maximum Gasteiger partial charge on any atom is 0.309 e. The monoisotopic (exact) mass is 455 g/mol. The van der Waals surface area contributed by atoms with Crippen molar-refractivity contribution in [1.82, 2.24) is 15.5 Å². The van der Waals surface area contributed by atoms with E-state index >= 15 is 0 Å². The van der Waals surface area contributed by atoms with Crippen molar-refractivity contribution < 1.29 is 14.0 Å². The molecule has 0 aromatic heterocycles. The third kappa shape index (κ3) is 6.68. The first kappa shape index (κ1) is 24.5. The quantitative estimate of drug-likeness (QED) is 0.628. The molecule has 1 fully saturated rings. The van der Waals surface area contributed by atoms with Crippen LogP contribution in [0.1, 0.15) is 25.5 Å². The van der Waals surface area contributed by atoms with Gasteiger partial charge in [-0.15, -0.1) is 0 Å². The normalized spacial score (nSPS) is 15.3. The van der Waals surface area contributed by atoms with Crippen molar-refractivity contribution in [2.24, 2.45) is 0 Å². The Bertz CT molecular complexity index is 923. The van der Waals surface area contributed by atoms with Crippen molar-refractivity contribution in [1.29, 1.82) is 0 Å². The summed E-state index contributed by atoms with van der Waals surface area (Å²) in [5, 5.41) is 5.44. The van der Waals surface area contributed by atoms with Crippen molar-refractivity contribution in [3.05, 3.63) is 59.9 Å². The zero-order valence-electron chi connectivity index (χ0n) is 19.8. The Balaban J connectivity index is 1.70. The van der Waals surface area contributed by atoms with Gasteiger partial charge in [0.05, 0.1) is 6.04 Å². The fourth-order valence-corrected chi connectivity index (χ4v) is 3.99. The molecule has 2 amide bonds. The van der Waals surface area contributed by atoms with E-state index in [1.807, 2.05) is 32.8 Å². The van der Waals surface area contributed by atoms with Crippen LogP contribution in [0.2, 0.25) is 0 Å². The van der Waals surface area contributed by atoms with Gasteiger partial charge in [0.25, 0.3) is 0 Å². The number of halogens is 1. The van der Waals surface area contributed by atoms with E-state index in [0.717, 1.165) is 43.1 Å². The number of nitrogens with zero attached hydrogens (tertiary/aromatic N) is 3. The highest BCUT2D eigenvalue weighted by Crippen LogP contribution is 2.26. The van der Waals surface area contributed by atoms with E-state index in [1.165, 1.54) is 12.1 Å². The molecular formula is C25H34FN5O2. The van der Waals surface area contributed by atoms with Gasteiger partial charge in [0.15, 0.2) is 0 Å². The topological polar surface area (TPSA) is 67.9 Å². The van der Waals surface area contributed by atoms with Crippen molar-refractivity contribution >= 4 is 23.2 Å². The molecule has 0 radical (unpaired) electrons. The molecule has 7 nitrogen and oxygen atoms in total. The molecule has 0 spiro atoms. The number of rotatable bonds is 7. The Morgan fingerprint density at radius 3 is 2.09 bits per heavy atom.